The molecule has 0 aliphatic carbocycles. The van der Waals surface area contributed by atoms with E-state index in [4.69, 9.17) is 9.15 Å². The maximum Gasteiger partial charge on any atom is 0.350 e. The molecule has 138 valence electrons. The maximum atomic E-state index is 12.1. The molecule has 2 aromatic heterocycles. The van der Waals surface area contributed by atoms with Crippen molar-refractivity contribution in [3.8, 4) is 0 Å². The van der Waals surface area contributed by atoms with Gasteiger partial charge >= 0.3 is 5.97 Å². The molecule has 0 amide bonds. The van der Waals surface area contributed by atoms with Crippen molar-refractivity contribution in [3.63, 3.8) is 0 Å². The van der Waals surface area contributed by atoms with Gasteiger partial charge in [0.15, 0.2) is 0 Å². The topological polar surface area (TPSA) is 123 Å². The number of hydrogen-bond acceptors (Lipinski definition) is 8. The fourth-order valence-corrected chi connectivity index (χ4v) is 3.89. The van der Waals surface area contributed by atoms with E-state index in [0.717, 1.165) is 21.9 Å². The van der Waals surface area contributed by atoms with Crippen LogP contribution >= 0.6 is 11.3 Å². The van der Waals surface area contributed by atoms with Gasteiger partial charge in [-0.1, -0.05) is 0 Å². The zero-order chi connectivity index (χ0) is 18.8. The van der Waals surface area contributed by atoms with Crippen LogP contribution in [0.1, 0.15) is 15.4 Å². The molecule has 0 aliphatic heterocycles. The third-order valence-electron chi connectivity index (χ3n) is 2.86. The lowest BCUT2D eigenvalue weighted by Crippen LogP contribution is -2.21. The Morgan fingerprint density at radius 1 is 1.24 bits per heavy atom. The van der Waals surface area contributed by atoms with Crippen LogP contribution in [0.25, 0.3) is 0 Å². The number of esters is 1. The molecule has 12 heteroatoms. The first-order chi connectivity index (χ1) is 11.5. The van der Waals surface area contributed by atoms with Gasteiger partial charge in [0.2, 0.25) is 15.1 Å². The number of hydrogen-bond donors (Lipinski definition) is 1. The van der Waals surface area contributed by atoms with Crippen LogP contribution < -0.4 is 4.72 Å². The quantitative estimate of drug-likeness (QED) is 0.685. The molecule has 0 fully saturated rings. The van der Waals surface area contributed by atoms with Gasteiger partial charge in [0.1, 0.15) is 17.2 Å². The number of anilines is 1. The summed E-state index contributed by atoms with van der Waals surface area (Å²) in [6, 6.07) is 4.09. The van der Waals surface area contributed by atoms with E-state index in [1.54, 1.807) is 5.38 Å². The first kappa shape index (κ1) is 19.4. The van der Waals surface area contributed by atoms with E-state index in [1.165, 1.54) is 32.3 Å². The normalized spacial score (nSPS) is 12.3. The minimum absolute atomic E-state index is 0.0816. The van der Waals surface area contributed by atoms with E-state index in [-0.39, 0.29) is 28.0 Å². The zero-order valence-electron chi connectivity index (χ0n) is 13.5. The molecule has 0 radical (unpaired) electrons. The van der Waals surface area contributed by atoms with Gasteiger partial charge in [0, 0.05) is 14.1 Å². The SMILES string of the molecule is CN(C)S(=O)(=O)c1ccc(COC(=O)c2sccc2NS(C)(=O)=O)o1. The standard InChI is InChI=1S/C13H16N2O7S3/c1-15(2)25(19,20)11-5-4-9(22-11)8-21-13(16)12-10(6-7-23-12)14-24(3,17)18/h4-7,14H,8H2,1-3H3. The molecule has 9 nitrogen and oxygen atoms in total. The summed E-state index contributed by atoms with van der Waals surface area (Å²) in [5, 5.41) is 1.28. The van der Waals surface area contributed by atoms with Crippen molar-refractivity contribution >= 4 is 43.0 Å². The van der Waals surface area contributed by atoms with Gasteiger partial charge in [-0.2, -0.15) is 0 Å². The van der Waals surface area contributed by atoms with Crippen molar-refractivity contribution in [2.24, 2.45) is 0 Å². The minimum atomic E-state index is -3.71. The predicted octanol–water partition coefficient (Wildman–Crippen LogP) is 1.32. The smallest absolute Gasteiger partial charge is 0.350 e. The van der Waals surface area contributed by atoms with Gasteiger partial charge < -0.3 is 9.15 Å². The number of furan rings is 1. The highest BCUT2D eigenvalue weighted by molar-refractivity contribution is 7.92. The molecular weight excluding hydrogens is 392 g/mol. The molecular formula is C13H16N2O7S3. The molecule has 0 spiro atoms. The van der Waals surface area contributed by atoms with E-state index in [1.807, 2.05) is 0 Å². The number of nitrogens with zero attached hydrogens (tertiary/aromatic N) is 1. The minimum Gasteiger partial charge on any atom is -0.453 e. The van der Waals surface area contributed by atoms with Crippen LogP contribution in [0, 0.1) is 0 Å². The molecule has 0 saturated carbocycles. The molecule has 2 rings (SSSR count). The van der Waals surface area contributed by atoms with E-state index in [0.29, 0.717) is 0 Å². The van der Waals surface area contributed by atoms with Crippen LogP contribution in [0.2, 0.25) is 0 Å². The Bertz CT molecular complexity index is 971. The summed E-state index contributed by atoms with van der Waals surface area (Å²) < 4.78 is 59.8. The summed E-state index contributed by atoms with van der Waals surface area (Å²) in [5.74, 6) is -0.613. The van der Waals surface area contributed by atoms with Crippen LogP contribution in [0.4, 0.5) is 5.69 Å². The van der Waals surface area contributed by atoms with Gasteiger partial charge in [-0.05, 0) is 23.6 Å². The van der Waals surface area contributed by atoms with Gasteiger partial charge in [0.05, 0.1) is 11.9 Å². The highest BCUT2D eigenvalue weighted by Crippen LogP contribution is 2.25. The molecule has 0 bridgehead atoms. The highest BCUT2D eigenvalue weighted by Gasteiger charge is 2.22. The Morgan fingerprint density at radius 3 is 2.52 bits per heavy atom. The van der Waals surface area contributed by atoms with E-state index < -0.39 is 26.0 Å². The molecule has 0 aliphatic rings. The second-order valence-electron chi connectivity index (χ2n) is 5.12. The third-order valence-corrected chi connectivity index (χ3v) is 6.04. The van der Waals surface area contributed by atoms with Crippen molar-refractivity contribution in [2.45, 2.75) is 11.7 Å². The molecule has 25 heavy (non-hydrogen) atoms. The summed E-state index contributed by atoms with van der Waals surface area (Å²) in [6.45, 7) is -0.294. The summed E-state index contributed by atoms with van der Waals surface area (Å²) >= 11 is 1.01. The van der Waals surface area contributed by atoms with Crippen molar-refractivity contribution in [1.29, 1.82) is 0 Å². The molecule has 0 unspecified atom stereocenters. The summed E-state index contributed by atoms with van der Waals surface area (Å²) in [7, 11) is -4.51. The Morgan fingerprint density at radius 2 is 1.92 bits per heavy atom. The van der Waals surface area contributed by atoms with Crippen molar-refractivity contribution in [3.05, 3.63) is 34.2 Å². The predicted molar refractivity (Wildman–Crippen MR) is 91.5 cm³/mol. The number of ether oxygens (including phenoxy) is 1. The van der Waals surface area contributed by atoms with E-state index in [9.17, 15) is 21.6 Å². The Labute approximate surface area is 149 Å². The lowest BCUT2D eigenvalue weighted by Gasteiger charge is -2.08. The van der Waals surface area contributed by atoms with Crippen LogP contribution in [0.15, 0.2) is 33.1 Å². The number of nitrogens with one attached hydrogen (secondary N) is 1. The average molecular weight is 408 g/mol. The van der Waals surface area contributed by atoms with Crippen molar-refractivity contribution < 1.29 is 30.8 Å². The van der Waals surface area contributed by atoms with Gasteiger partial charge in [-0.15, -0.1) is 11.3 Å². The number of thiophene rings is 1. The Hall–Kier alpha value is -1.89. The van der Waals surface area contributed by atoms with Crippen LogP contribution in [0.3, 0.4) is 0 Å². The lowest BCUT2D eigenvalue weighted by molar-refractivity contribution is 0.0447. The number of carbonyl (C=O) groups excluding carboxylic acids is 1. The average Bonchev–Trinajstić information content (AvgIpc) is 3.12. The summed E-state index contributed by atoms with van der Waals surface area (Å²) in [6.07, 6.45) is 0.968. The number of rotatable bonds is 7. The summed E-state index contributed by atoms with van der Waals surface area (Å²) in [4.78, 5) is 12.2. The lowest BCUT2D eigenvalue weighted by atomic mass is 10.4. The van der Waals surface area contributed by atoms with Gasteiger partial charge in [-0.25, -0.2) is 25.9 Å². The zero-order valence-corrected chi connectivity index (χ0v) is 16.0. The van der Waals surface area contributed by atoms with E-state index in [2.05, 4.69) is 4.72 Å². The van der Waals surface area contributed by atoms with Crippen LogP contribution in [-0.4, -0.2) is 47.5 Å². The summed E-state index contributed by atoms with van der Waals surface area (Å²) in [5.41, 5.74) is 0.118. The van der Waals surface area contributed by atoms with E-state index >= 15 is 0 Å². The number of sulfonamides is 2. The van der Waals surface area contributed by atoms with Crippen LogP contribution in [-0.2, 0) is 31.4 Å². The highest BCUT2D eigenvalue weighted by atomic mass is 32.2. The van der Waals surface area contributed by atoms with Crippen LogP contribution in [0.5, 0.6) is 0 Å². The maximum absolute atomic E-state index is 12.1. The van der Waals surface area contributed by atoms with Gasteiger partial charge in [0.25, 0.3) is 10.0 Å². The first-order valence-corrected chi connectivity index (χ1v) is 11.0. The fraction of sp³-hybridized carbons (Fsp3) is 0.308. The molecule has 2 heterocycles. The van der Waals surface area contributed by atoms with Crippen molar-refractivity contribution in [1.82, 2.24) is 4.31 Å². The van der Waals surface area contributed by atoms with Gasteiger partial charge in [-0.3, -0.25) is 4.72 Å². The Balaban J connectivity index is 2.07. The molecule has 1 N–H and O–H groups in total. The molecule has 0 aromatic carbocycles. The second-order valence-corrected chi connectivity index (χ2v) is 9.87. The Kier molecular flexibility index (Phi) is 5.56. The second kappa shape index (κ2) is 7.15. The number of carbonyl (C=O) groups is 1. The fourth-order valence-electron chi connectivity index (χ4n) is 1.70. The molecule has 2 aromatic rings. The van der Waals surface area contributed by atoms with Crippen molar-refractivity contribution in [2.75, 3.05) is 25.1 Å². The molecule has 0 atom stereocenters. The largest absolute Gasteiger partial charge is 0.453 e. The first-order valence-electron chi connectivity index (χ1n) is 6.74. The monoisotopic (exact) mass is 408 g/mol. The third kappa shape index (κ3) is 4.81. The molecule has 0 saturated heterocycles.